The number of ether oxygens (including phenoxy) is 2. The monoisotopic (exact) mass is 420 g/mol. The molecule has 2 aliphatic rings. The van der Waals surface area contributed by atoms with E-state index >= 15 is 0 Å². The van der Waals surface area contributed by atoms with Crippen LogP contribution in [-0.4, -0.2) is 63.3 Å². The Morgan fingerprint density at radius 1 is 0.710 bits per heavy atom. The van der Waals surface area contributed by atoms with Crippen molar-refractivity contribution in [1.82, 2.24) is 0 Å². The van der Waals surface area contributed by atoms with Gasteiger partial charge in [-0.3, -0.25) is 0 Å². The highest BCUT2D eigenvalue weighted by atomic mass is 16.5. The van der Waals surface area contributed by atoms with E-state index in [-0.39, 0.29) is 12.1 Å². The predicted octanol–water partition coefficient (Wildman–Crippen LogP) is 4.02. The molecule has 2 aromatic carbocycles. The molecule has 0 saturated carbocycles. The van der Waals surface area contributed by atoms with Crippen molar-refractivity contribution in [2.75, 3.05) is 49.2 Å². The molecule has 0 fully saturated rings. The molecule has 2 heterocycles. The number of likely N-dealkylation sites (N-methyl/N-ethyl adjacent to an activating group) is 2. The van der Waals surface area contributed by atoms with Crippen molar-refractivity contribution >= 4 is 23.2 Å². The fourth-order valence-electron chi connectivity index (χ4n) is 4.07. The molecule has 0 aliphatic carbocycles. The Morgan fingerprint density at radius 2 is 1.13 bits per heavy atom. The normalized spacial score (nSPS) is 19.9. The summed E-state index contributed by atoms with van der Waals surface area (Å²) in [6.45, 7) is 9.16. The molecule has 2 aromatic rings. The maximum absolute atomic E-state index is 5.87. The first kappa shape index (κ1) is 21.2. The predicted molar refractivity (Wildman–Crippen MR) is 128 cm³/mol. The molecule has 0 N–H and O–H groups in total. The van der Waals surface area contributed by atoms with Gasteiger partial charge in [0.1, 0.15) is 25.3 Å². The topological polar surface area (TPSA) is 49.7 Å². The highest BCUT2D eigenvalue weighted by Gasteiger charge is 2.26. The average Bonchev–Trinajstić information content (AvgIpc) is 3.46. The van der Waals surface area contributed by atoms with Crippen LogP contribution in [0.2, 0.25) is 0 Å². The molecule has 0 radical (unpaired) electrons. The van der Waals surface area contributed by atoms with Crippen LogP contribution in [0.5, 0.6) is 0 Å². The van der Waals surface area contributed by atoms with Crippen molar-refractivity contribution in [2.24, 2.45) is 9.98 Å². The lowest BCUT2D eigenvalue weighted by Crippen LogP contribution is -2.32. The number of benzene rings is 2. The van der Waals surface area contributed by atoms with Gasteiger partial charge in [-0.15, -0.1) is 0 Å². The standard InChI is InChI=1S/C25H32N4O2/c1-3-28(22-11-7-5-8-12-22)16-20-18-30-24(26-20)15-25-27-21(19-31-25)17-29(4-2)23-13-9-6-10-14-23/h5-14,20-21H,3-4,15-19H2,1-2H3/t20-,21-/m0/s1. The largest absolute Gasteiger partial charge is 0.478 e. The number of para-hydroxylation sites is 2. The Labute approximate surface area is 185 Å². The summed E-state index contributed by atoms with van der Waals surface area (Å²) < 4.78 is 11.7. The van der Waals surface area contributed by atoms with Crippen molar-refractivity contribution in [1.29, 1.82) is 0 Å². The third kappa shape index (κ3) is 5.57. The number of nitrogens with zero attached hydrogens (tertiary/aromatic N) is 4. The van der Waals surface area contributed by atoms with Crippen LogP contribution in [0, 0.1) is 0 Å². The van der Waals surface area contributed by atoms with Crippen LogP contribution in [0.15, 0.2) is 70.6 Å². The van der Waals surface area contributed by atoms with Gasteiger partial charge >= 0.3 is 0 Å². The number of hydrogen-bond donors (Lipinski definition) is 0. The van der Waals surface area contributed by atoms with Crippen molar-refractivity contribution in [3.8, 4) is 0 Å². The van der Waals surface area contributed by atoms with Crippen molar-refractivity contribution < 1.29 is 9.47 Å². The first-order valence-electron chi connectivity index (χ1n) is 11.2. The van der Waals surface area contributed by atoms with E-state index in [9.17, 15) is 0 Å². The highest BCUT2D eigenvalue weighted by molar-refractivity contribution is 5.98. The van der Waals surface area contributed by atoms with Crippen LogP contribution in [0.3, 0.4) is 0 Å². The maximum atomic E-state index is 5.87. The van der Waals surface area contributed by atoms with Gasteiger partial charge in [0.25, 0.3) is 0 Å². The van der Waals surface area contributed by atoms with E-state index in [0.717, 1.165) is 38.0 Å². The summed E-state index contributed by atoms with van der Waals surface area (Å²) in [5.74, 6) is 1.48. The van der Waals surface area contributed by atoms with E-state index in [0.29, 0.717) is 19.6 Å². The van der Waals surface area contributed by atoms with Gasteiger partial charge in [-0.05, 0) is 38.1 Å². The van der Waals surface area contributed by atoms with E-state index in [1.54, 1.807) is 0 Å². The summed E-state index contributed by atoms with van der Waals surface area (Å²) in [5, 5.41) is 0. The van der Waals surface area contributed by atoms with Gasteiger partial charge in [-0.1, -0.05) is 36.4 Å². The molecule has 0 saturated heterocycles. The average molecular weight is 421 g/mol. The summed E-state index contributed by atoms with van der Waals surface area (Å²) in [6.07, 6.45) is 0.544. The molecule has 2 atom stereocenters. The first-order chi connectivity index (χ1) is 15.2. The van der Waals surface area contributed by atoms with Crippen LogP contribution >= 0.6 is 0 Å². The summed E-state index contributed by atoms with van der Waals surface area (Å²) in [5.41, 5.74) is 2.44. The van der Waals surface area contributed by atoms with E-state index in [1.165, 1.54) is 11.4 Å². The van der Waals surface area contributed by atoms with Gasteiger partial charge < -0.3 is 19.3 Å². The molecule has 0 bridgehead atoms. The smallest absolute Gasteiger partial charge is 0.193 e. The number of rotatable bonds is 10. The Kier molecular flexibility index (Phi) is 7.07. The molecule has 31 heavy (non-hydrogen) atoms. The fraction of sp³-hybridized carbons (Fsp3) is 0.440. The lowest BCUT2D eigenvalue weighted by Gasteiger charge is -2.24. The van der Waals surface area contributed by atoms with Crippen LogP contribution in [0.25, 0.3) is 0 Å². The number of hydrogen-bond acceptors (Lipinski definition) is 6. The van der Waals surface area contributed by atoms with Gasteiger partial charge in [0.15, 0.2) is 11.8 Å². The van der Waals surface area contributed by atoms with Gasteiger partial charge in [0.05, 0.1) is 6.42 Å². The first-order valence-corrected chi connectivity index (χ1v) is 11.2. The molecule has 0 unspecified atom stereocenters. The Balaban J connectivity index is 1.31. The SMILES string of the molecule is CCN(C[C@H]1COC(CC2=N[C@@H](CN(CC)c3ccccc3)CO2)=N1)c1ccccc1. The number of anilines is 2. The lowest BCUT2D eigenvalue weighted by molar-refractivity contribution is 0.299. The second-order valence-corrected chi connectivity index (χ2v) is 7.90. The zero-order valence-electron chi connectivity index (χ0n) is 18.5. The third-order valence-electron chi connectivity index (χ3n) is 5.71. The molecule has 164 valence electrons. The van der Waals surface area contributed by atoms with Crippen LogP contribution in [-0.2, 0) is 9.47 Å². The lowest BCUT2D eigenvalue weighted by atomic mass is 10.2. The second kappa shape index (κ2) is 10.3. The molecule has 4 rings (SSSR count). The molecule has 6 heteroatoms. The van der Waals surface area contributed by atoms with Gasteiger partial charge in [-0.2, -0.15) is 0 Å². The summed E-state index contributed by atoms with van der Waals surface area (Å²) in [6, 6.07) is 21.2. The van der Waals surface area contributed by atoms with Gasteiger partial charge in [0, 0.05) is 37.6 Å². The molecule has 0 amide bonds. The molecule has 0 aromatic heterocycles. The zero-order valence-corrected chi connectivity index (χ0v) is 18.5. The molecular formula is C25H32N4O2. The second-order valence-electron chi connectivity index (χ2n) is 7.90. The van der Waals surface area contributed by atoms with Crippen LogP contribution < -0.4 is 9.80 Å². The maximum Gasteiger partial charge on any atom is 0.193 e. The van der Waals surface area contributed by atoms with E-state index < -0.39 is 0 Å². The minimum atomic E-state index is 0.140. The highest BCUT2D eigenvalue weighted by Crippen LogP contribution is 2.19. The summed E-state index contributed by atoms with van der Waals surface area (Å²) in [7, 11) is 0. The molecule has 0 spiro atoms. The molecular weight excluding hydrogens is 388 g/mol. The summed E-state index contributed by atoms with van der Waals surface area (Å²) >= 11 is 0. The minimum Gasteiger partial charge on any atom is -0.478 e. The van der Waals surface area contributed by atoms with E-state index in [2.05, 4.69) is 72.2 Å². The summed E-state index contributed by atoms with van der Waals surface area (Å²) in [4.78, 5) is 14.3. The third-order valence-corrected chi connectivity index (χ3v) is 5.71. The van der Waals surface area contributed by atoms with Crippen LogP contribution in [0.4, 0.5) is 11.4 Å². The number of aliphatic imine (C=N–C) groups is 2. The minimum absolute atomic E-state index is 0.140. The van der Waals surface area contributed by atoms with Gasteiger partial charge in [-0.25, -0.2) is 9.98 Å². The Morgan fingerprint density at radius 3 is 1.52 bits per heavy atom. The Hall–Kier alpha value is -3.02. The van der Waals surface area contributed by atoms with Crippen molar-refractivity contribution in [3.63, 3.8) is 0 Å². The van der Waals surface area contributed by atoms with E-state index in [4.69, 9.17) is 19.5 Å². The van der Waals surface area contributed by atoms with Crippen molar-refractivity contribution in [2.45, 2.75) is 32.4 Å². The zero-order chi connectivity index (χ0) is 21.5. The van der Waals surface area contributed by atoms with Crippen molar-refractivity contribution in [3.05, 3.63) is 60.7 Å². The molecule has 6 nitrogen and oxygen atoms in total. The quantitative estimate of drug-likeness (QED) is 0.582. The van der Waals surface area contributed by atoms with Crippen LogP contribution in [0.1, 0.15) is 20.3 Å². The van der Waals surface area contributed by atoms with E-state index in [1.807, 2.05) is 12.1 Å². The molecule has 2 aliphatic heterocycles. The van der Waals surface area contributed by atoms with Gasteiger partial charge in [0.2, 0.25) is 0 Å². The fourth-order valence-corrected chi connectivity index (χ4v) is 4.07. The Bertz CT molecular complexity index is 811.